The summed E-state index contributed by atoms with van der Waals surface area (Å²) in [5.41, 5.74) is 0.945. The summed E-state index contributed by atoms with van der Waals surface area (Å²) < 4.78 is 0.752. The van der Waals surface area contributed by atoms with Crippen molar-refractivity contribution in [2.24, 2.45) is 0 Å². The molecule has 0 bridgehead atoms. The van der Waals surface area contributed by atoms with E-state index in [1.165, 1.54) is 19.4 Å². The first-order valence-electron chi connectivity index (χ1n) is 6.58. The van der Waals surface area contributed by atoms with Crippen LogP contribution in [0.3, 0.4) is 0 Å². The molecule has 0 spiro atoms. The van der Waals surface area contributed by atoms with Crippen LogP contribution in [0.1, 0.15) is 12.8 Å². The number of hydrogen-bond acceptors (Lipinski definition) is 4. The largest absolute Gasteiger partial charge is 0.363 e. The number of anilines is 1. The molecule has 2 heterocycles. The predicted octanol–water partition coefficient (Wildman–Crippen LogP) is 2.64. The number of piperazine rings is 1. The number of nitrogens with zero attached hydrogens (tertiary/aromatic N) is 3. The van der Waals surface area contributed by atoms with Crippen LogP contribution < -0.4 is 4.90 Å². The molecule has 0 amide bonds. The van der Waals surface area contributed by atoms with Gasteiger partial charge in [-0.2, -0.15) is 0 Å². The van der Waals surface area contributed by atoms with Gasteiger partial charge in [-0.15, -0.1) is 0 Å². The van der Waals surface area contributed by atoms with Crippen molar-refractivity contribution in [1.29, 1.82) is 0 Å². The fraction of sp³-hybridized carbons (Fsp3) is 0.538. The third kappa shape index (κ3) is 2.47. The highest BCUT2D eigenvalue weighted by Crippen LogP contribution is 2.33. The number of fused-ring (bicyclic) bond motifs is 1. The van der Waals surface area contributed by atoms with Gasteiger partial charge in [0.2, 0.25) is 0 Å². The molecule has 0 radical (unpaired) electrons. The van der Waals surface area contributed by atoms with Crippen LogP contribution in [0, 0.1) is 10.1 Å². The van der Waals surface area contributed by atoms with Gasteiger partial charge < -0.3 is 4.90 Å². The Hall–Kier alpha value is -1.14. The van der Waals surface area contributed by atoms with Gasteiger partial charge in [0.1, 0.15) is 5.69 Å². The summed E-state index contributed by atoms with van der Waals surface area (Å²) >= 11 is 3.30. The van der Waals surface area contributed by atoms with Crippen molar-refractivity contribution in [2.75, 3.05) is 31.1 Å². The average molecular weight is 326 g/mol. The maximum atomic E-state index is 11.2. The second kappa shape index (κ2) is 5.09. The van der Waals surface area contributed by atoms with E-state index < -0.39 is 0 Å². The fourth-order valence-electron chi connectivity index (χ4n) is 3.12. The first-order valence-corrected chi connectivity index (χ1v) is 7.37. The smallest absolute Gasteiger partial charge is 0.293 e. The first kappa shape index (κ1) is 12.9. The molecule has 2 saturated heterocycles. The molecule has 2 aliphatic heterocycles. The Morgan fingerprint density at radius 3 is 2.95 bits per heavy atom. The Morgan fingerprint density at radius 2 is 2.16 bits per heavy atom. The highest BCUT2D eigenvalue weighted by atomic mass is 79.9. The third-order valence-electron chi connectivity index (χ3n) is 4.06. The summed E-state index contributed by atoms with van der Waals surface area (Å²) in [4.78, 5) is 15.6. The Balaban J connectivity index is 1.87. The van der Waals surface area contributed by atoms with Gasteiger partial charge in [-0.05, 0) is 31.5 Å². The Kier molecular flexibility index (Phi) is 3.45. The van der Waals surface area contributed by atoms with Crippen molar-refractivity contribution in [3.8, 4) is 0 Å². The van der Waals surface area contributed by atoms with Gasteiger partial charge in [0.15, 0.2) is 0 Å². The van der Waals surface area contributed by atoms with E-state index >= 15 is 0 Å². The number of nitro benzene ring substituents is 1. The van der Waals surface area contributed by atoms with Crippen LogP contribution in [0.25, 0.3) is 0 Å². The van der Waals surface area contributed by atoms with E-state index in [2.05, 4.69) is 25.7 Å². The van der Waals surface area contributed by atoms with E-state index in [9.17, 15) is 10.1 Å². The molecule has 0 aromatic heterocycles. The topological polar surface area (TPSA) is 49.6 Å². The number of benzene rings is 1. The first-order chi connectivity index (χ1) is 9.15. The molecular formula is C13H16BrN3O2. The highest BCUT2D eigenvalue weighted by Gasteiger charge is 2.32. The minimum atomic E-state index is -0.291. The molecule has 1 unspecified atom stereocenters. The van der Waals surface area contributed by atoms with Crippen LogP contribution in [0.15, 0.2) is 22.7 Å². The minimum Gasteiger partial charge on any atom is -0.363 e. The zero-order chi connectivity index (χ0) is 13.4. The molecule has 5 nitrogen and oxygen atoms in total. The summed E-state index contributed by atoms with van der Waals surface area (Å²) in [7, 11) is 0. The van der Waals surface area contributed by atoms with Crippen molar-refractivity contribution < 1.29 is 4.92 Å². The Labute approximate surface area is 120 Å². The number of hydrogen-bond donors (Lipinski definition) is 0. The van der Waals surface area contributed by atoms with Crippen molar-refractivity contribution in [3.63, 3.8) is 0 Å². The van der Waals surface area contributed by atoms with Crippen LogP contribution in [-0.2, 0) is 0 Å². The third-order valence-corrected chi connectivity index (χ3v) is 4.56. The van der Waals surface area contributed by atoms with Crippen LogP contribution in [-0.4, -0.2) is 42.0 Å². The van der Waals surface area contributed by atoms with Crippen molar-refractivity contribution in [3.05, 3.63) is 32.8 Å². The van der Waals surface area contributed by atoms with E-state index in [-0.39, 0.29) is 10.6 Å². The summed E-state index contributed by atoms with van der Waals surface area (Å²) in [5, 5.41) is 11.2. The van der Waals surface area contributed by atoms with Gasteiger partial charge in [-0.3, -0.25) is 15.0 Å². The fourth-order valence-corrected chi connectivity index (χ4v) is 3.47. The van der Waals surface area contributed by atoms with Gasteiger partial charge in [-0.25, -0.2) is 0 Å². The lowest BCUT2D eigenvalue weighted by Gasteiger charge is -2.38. The molecule has 6 heteroatoms. The van der Waals surface area contributed by atoms with E-state index in [1.54, 1.807) is 6.07 Å². The van der Waals surface area contributed by atoms with Gasteiger partial charge >= 0.3 is 0 Å². The molecule has 19 heavy (non-hydrogen) atoms. The van der Waals surface area contributed by atoms with E-state index in [1.807, 2.05) is 12.1 Å². The molecule has 1 atom stereocenters. The number of nitro groups is 1. The quantitative estimate of drug-likeness (QED) is 0.619. The molecule has 1 aromatic rings. The van der Waals surface area contributed by atoms with E-state index in [0.717, 1.165) is 29.8 Å². The lowest BCUT2D eigenvalue weighted by Crippen LogP contribution is -2.50. The Bertz CT molecular complexity index is 509. The highest BCUT2D eigenvalue weighted by molar-refractivity contribution is 9.10. The SMILES string of the molecule is O=[N+]([O-])c1cc(Br)ccc1N1CCN2CCCC2C1. The zero-order valence-electron chi connectivity index (χ0n) is 10.6. The Morgan fingerprint density at radius 1 is 1.32 bits per heavy atom. The normalized spacial score (nSPS) is 23.4. The molecule has 0 saturated carbocycles. The molecule has 102 valence electrons. The van der Waals surface area contributed by atoms with Crippen molar-refractivity contribution >= 4 is 27.3 Å². The standard InChI is InChI=1S/C13H16BrN3O2/c14-10-3-4-12(13(8-10)17(18)19)16-7-6-15-5-1-2-11(15)9-16/h3-4,8,11H,1-2,5-7,9H2. The zero-order valence-corrected chi connectivity index (χ0v) is 12.2. The van der Waals surface area contributed by atoms with Crippen LogP contribution in [0.2, 0.25) is 0 Å². The van der Waals surface area contributed by atoms with Gasteiger partial charge in [0.05, 0.1) is 4.92 Å². The predicted molar refractivity (Wildman–Crippen MR) is 77.6 cm³/mol. The number of rotatable bonds is 2. The van der Waals surface area contributed by atoms with Crippen molar-refractivity contribution in [2.45, 2.75) is 18.9 Å². The van der Waals surface area contributed by atoms with Gasteiger partial charge in [0, 0.05) is 36.2 Å². The maximum Gasteiger partial charge on any atom is 0.293 e. The summed E-state index contributed by atoms with van der Waals surface area (Å²) in [6.45, 7) is 3.97. The molecule has 2 aliphatic rings. The molecule has 0 N–H and O–H groups in total. The summed E-state index contributed by atoms with van der Waals surface area (Å²) in [6.07, 6.45) is 2.46. The molecule has 3 rings (SSSR count). The van der Waals surface area contributed by atoms with Crippen LogP contribution in [0.5, 0.6) is 0 Å². The summed E-state index contributed by atoms with van der Waals surface area (Å²) in [5.74, 6) is 0. The monoisotopic (exact) mass is 325 g/mol. The molecule has 0 aliphatic carbocycles. The van der Waals surface area contributed by atoms with Gasteiger partial charge in [-0.1, -0.05) is 15.9 Å². The second-order valence-corrected chi connectivity index (χ2v) is 6.08. The van der Waals surface area contributed by atoms with Crippen LogP contribution in [0.4, 0.5) is 11.4 Å². The molecule has 1 aromatic carbocycles. The van der Waals surface area contributed by atoms with E-state index in [4.69, 9.17) is 0 Å². The van der Waals surface area contributed by atoms with E-state index in [0.29, 0.717) is 6.04 Å². The lowest BCUT2D eigenvalue weighted by molar-refractivity contribution is -0.384. The number of halogens is 1. The summed E-state index contributed by atoms with van der Waals surface area (Å²) in [6, 6.07) is 5.89. The van der Waals surface area contributed by atoms with Crippen LogP contribution >= 0.6 is 15.9 Å². The maximum absolute atomic E-state index is 11.2. The minimum absolute atomic E-state index is 0.195. The molecule has 2 fully saturated rings. The molecular weight excluding hydrogens is 310 g/mol. The second-order valence-electron chi connectivity index (χ2n) is 5.17. The lowest BCUT2D eigenvalue weighted by atomic mass is 10.1. The average Bonchev–Trinajstić information content (AvgIpc) is 2.85. The van der Waals surface area contributed by atoms with Gasteiger partial charge in [0.25, 0.3) is 5.69 Å². The van der Waals surface area contributed by atoms with Crippen molar-refractivity contribution in [1.82, 2.24) is 4.90 Å².